The summed E-state index contributed by atoms with van der Waals surface area (Å²) in [6.45, 7) is 2.39. The lowest BCUT2D eigenvalue weighted by atomic mass is 9.74. The van der Waals surface area contributed by atoms with Crippen LogP contribution in [0.5, 0.6) is 0 Å². The van der Waals surface area contributed by atoms with E-state index in [1.807, 2.05) is 37.3 Å². The summed E-state index contributed by atoms with van der Waals surface area (Å²) in [4.78, 5) is 39.3. The van der Waals surface area contributed by atoms with Gasteiger partial charge in [0.05, 0.1) is 37.1 Å². The fourth-order valence-corrected chi connectivity index (χ4v) is 5.70. The van der Waals surface area contributed by atoms with Crippen LogP contribution < -0.4 is 5.73 Å². The molecule has 2 amide bonds. The standard InChI is InChI=1S/C28H32Cl2N2O5/c1-2-22(15-37-16-28(10-11-28)27(31)36)32-25(17-6-8-20(29)9-7-17)23(18-4-3-5-21(30)12-18)13-19(26(32)35)14-24(33)34/h3-9,12,19,22-23,25H,2,10-11,13-16H2,1H3,(H2,31,36)(H,33,34)/t19-,22-,23+,25?/m0/s1. The van der Waals surface area contributed by atoms with Gasteiger partial charge in [-0.1, -0.05) is 54.4 Å². The number of halogens is 2. The number of amides is 2. The molecular formula is C28H32Cl2N2O5. The fraction of sp³-hybridized carbons (Fsp3) is 0.464. The molecule has 7 nitrogen and oxygen atoms in total. The third-order valence-corrected chi connectivity index (χ3v) is 8.15. The molecular weight excluding hydrogens is 515 g/mol. The van der Waals surface area contributed by atoms with E-state index < -0.39 is 17.3 Å². The van der Waals surface area contributed by atoms with E-state index in [4.69, 9.17) is 33.7 Å². The number of piperidine rings is 1. The first kappa shape index (κ1) is 27.4. The van der Waals surface area contributed by atoms with Crippen molar-refractivity contribution in [3.63, 3.8) is 0 Å². The van der Waals surface area contributed by atoms with Gasteiger partial charge in [-0.15, -0.1) is 0 Å². The maximum absolute atomic E-state index is 13.9. The minimum Gasteiger partial charge on any atom is -0.481 e. The van der Waals surface area contributed by atoms with Crippen LogP contribution in [0.3, 0.4) is 0 Å². The number of rotatable bonds is 11. The topological polar surface area (TPSA) is 110 Å². The number of ether oxygens (including phenoxy) is 1. The predicted octanol–water partition coefficient (Wildman–Crippen LogP) is 5.20. The number of nitrogens with zero attached hydrogens (tertiary/aromatic N) is 1. The summed E-state index contributed by atoms with van der Waals surface area (Å²) in [6.07, 6.45) is 2.10. The Morgan fingerprint density at radius 1 is 1.14 bits per heavy atom. The number of hydrogen-bond acceptors (Lipinski definition) is 4. The second-order valence-corrected chi connectivity index (χ2v) is 11.0. The molecule has 2 aromatic carbocycles. The minimum atomic E-state index is -1.02. The van der Waals surface area contributed by atoms with Crippen molar-refractivity contribution in [1.29, 1.82) is 0 Å². The van der Waals surface area contributed by atoms with Gasteiger partial charge in [0.15, 0.2) is 0 Å². The molecule has 4 rings (SSSR count). The largest absolute Gasteiger partial charge is 0.481 e. The highest BCUT2D eigenvalue weighted by atomic mass is 35.5. The Morgan fingerprint density at radius 3 is 2.41 bits per heavy atom. The third-order valence-electron chi connectivity index (χ3n) is 7.66. The lowest BCUT2D eigenvalue weighted by molar-refractivity contribution is -0.154. The van der Waals surface area contributed by atoms with Gasteiger partial charge < -0.3 is 20.5 Å². The van der Waals surface area contributed by atoms with Crippen LogP contribution in [-0.4, -0.2) is 47.0 Å². The monoisotopic (exact) mass is 546 g/mol. The number of likely N-dealkylation sites (tertiary alicyclic amines) is 1. The number of carboxylic acid groups (broad SMARTS) is 1. The first-order valence-electron chi connectivity index (χ1n) is 12.6. The van der Waals surface area contributed by atoms with Gasteiger partial charge in [0, 0.05) is 21.9 Å². The lowest BCUT2D eigenvalue weighted by Crippen LogP contribution is -2.53. The Bertz CT molecular complexity index is 1150. The fourth-order valence-electron chi connectivity index (χ4n) is 5.37. The Labute approximate surface area is 226 Å². The van der Waals surface area contributed by atoms with Gasteiger partial charge in [0.25, 0.3) is 0 Å². The van der Waals surface area contributed by atoms with Crippen LogP contribution >= 0.6 is 23.2 Å². The Kier molecular flexibility index (Phi) is 8.46. The van der Waals surface area contributed by atoms with Gasteiger partial charge in [-0.2, -0.15) is 0 Å². The highest BCUT2D eigenvalue weighted by Gasteiger charge is 2.50. The minimum absolute atomic E-state index is 0.198. The molecule has 9 heteroatoms. The van der Waals surface area contributed by atoms with Gasteiger partial charge in [-0.3, -0.25) is 14.4 Å². The van der Waals surface area contributed by atoms with Gasteiger partial charge in [0.2, 0.25) is 11.8 Å². The first-order chi connectivity index (χ1) is 17.6. The normalized spacial score (nSPS) is 23.5. The summed E-state index contributed by atoms with van der Waals surface area (Å²) < 4.78 is 6.00. The van der Waals surface area contributed by atoms with Crippen LogP contribution in [0.25, 0.3) is 0 Å². The van der Waals surface area contributed by atoms with Crippen LogP contribution in [0, 0.1) is 11.3 Å². The van der Waals surface area contributed by atoms with Crippen LogP contribution in [0.2, 0.25) is 10.0 Å². The zero-order valence-electron chi connectivity index (χ0n) is 20.7. The van der Waals surface area contributed by atoms with E-state index in [1.165, 1.54) is 0 Å². The smallest absolute Gasteiger partial charge is 0.304 e. The molecule has 2 aromatic rings. The average Bonchev–Trinajstić information content (AvgIpc) is 3.65. The van der Waals surface area contributed by atoms with Crippen molar-refractivity contribution in [3.8, 4) is 0 Å². The summed E-state index contributed by atoms with van der Waals surface area (Å²) in [5.41, 5.74) is 6.77. The predicted molar refractivity (Wildman–Crippen MR) is 141 cm³/mol. The quantitative estimate of drug-likeness (QED) is 0.402. The average molecular weight is 547 g/mol. The second-order valence-electron chi connectivity index (χ2n) is 10.2. The number of aliphatic carboxylic acids is 1. The summed E-state index contributed by atoms with van der Waals surface area (Å²) in [6, 6.07) is 14.2. The van der Waals surface area contributed by atoms with Gasteiger partial charge in [-0.25, -0.2) is 0 Å². The molecule has 0 bridgehead atoms. The molecule has 0 spiro atoms. The van der Waals surface area contributed by atoms with Crippen molar-refractivity contribution in [3.05, 3.63) is 69.7 Å². The molecule has 198 valence electrons. The highest BCUT2D eigenvalue weighted by Crippen LogP contribution is 2.48. The molecule has 1 saturated heterocycles. The maximum atomic E-state index is 13.9. The molecule has 2 aliphatic rings. The van der Waals surface area contributed by atoms with E-state index in [9.17, 15) is 19.5 Å². The van der Waals surface area contributed by atoms with Crippen LogP contribution in [0.15, 0.2) is 48.5 Å². The third kappa shape index (κ3) is 6.11. The number of carboxylic acids is 1. The van der Waals surface area contributed by atoms with Crippen LogP contribution in [-0.2, 0) is 19.1 Å². The number of benzene rings is 2. The van der Waals surface area contributed by atoms with E-state index in [-0.39, 0.29) is 49.5 Å². The SMILES string of the molecule is CC[C@@H](COCC1(C(N)=O)CC1)N1C(=O)[C@H](CC(=O)O)C[C@H](c2cccc(Cl)c2)C1c1ccc(Cl)cc1. The van der Waals surface area contributed by atoms with Crippen molar-refractivity contribution in [2.24, 2.45) is 17.1 Å². The van der Waals surface area contributed by atoms with Crippen molar-refractivity contribution >= 4 is 41.0 Å². The van der Waals surface area contributed by atoms with Gasteiger partial charge in [-0.05, 0) is 61.1 Å². The summed E-state index contributed by atoms with van der Waals surface area (Å²) >= 11 is 12.5. The molecule has 37 heavy (non-hydrogen) atoms. The van der Waals surface area contributed by atoms with E-state index in [2.05, 4.69) is 0 Å². The number of carbonyl (C=O) groups is 3. The van der Waals surface area contributed by atoms with E-state index >= 15 is 0 Å². The number of nitrogens with two attached hydrogens (primary N) is 1. The number of hydrogen-bond donors (Lipinski definition) is 2. The molecule has 1 saturated carbocycles. The summed E-state index contributed by atoms with van der Waals surface area (Å²) in [5, 5.41) is 10.7. The number of carbonyl (C=O) groups excluding carboxylic acids is 2. The van der Waals surface area contributed by atoms with Crippen molar-refractivity contribution < 1.29 is 24.2 Å². The Morgan fingerprint density at radius 2 is 1.84 bits per heavy atom. The first-order valence-corrected chi connectivity index (χ1v) is 13.3. The summed E-state index contributed by atoms with van der Waals surface area (Å²) in [5.74, 6) is -2.49. The Hall–Kier alpha value is -2.61. The molecule has 3 N–H and O–H groups in total. The molecule has 4 atom stereocenters. The number of primary amides is 1. The zero-order valence-corrected chi connectivity index (χ0v) is 22.3. The molecule has 1 unspecified atom stereocenters. The summed E-state index contributed by atoms with van der Waals surface area (Å²) in [7, 11) is 0. The molecule has 0 aromatic heterocycles. The van der Waals surface area contributed by atoms with Crippen molar-refractivity contribution in [2.75, 3.05) is 13.2 Å². The van der Waals surface area contributed by atoms with E-state index in [0.717, 1.165) is 11.1 Å². The van der Waals surface area contributed by atoms with Gasteiger partial charge in [0.1, 0.15) is 0 Å². The molecule has 1 heterocycles. The maximum Gasteiger partial charge on any atom is 0.304 e. The van der Waals surface area contributed by atoms with Crippen molar-refractivity contribution in [1.82, 2.24) is 4.90 Å². The van der Waals surface area contributed by atoms with Crippen LogP contribution in [0.1, 0.15) is 62.1 Å². The molecule has 1 aliphatic carbocycles. The van der Waals surface area contributed by atoms with E-state index in [1.54, 1.807) is 23.1 Å². The van der Waals surface area contributed by atoms with E-state index in [0.29, 0.717) is 35.7 Å². The molecule has 1 aliphatic heterocycles. The zero-order chi connectivity index (χ0) is 26.7. The molecule has 2 fully saturated rings. The molecule has 0 radical (unpaired) electrons. The van der Waals surface area contributed by atoms with Gasteiger partial charge >= 0.3 is 5.97 Å². The van der Waals surface area contributed by atoms with Crippen molar-refractivity contribution in [2.45, 2.75) is 57.0 Å². The lowest BCUT2D eigenvalue weighted by Gasteiger charge is -2.48. The van der Waals surface area contributed by atoms with Crippen LogP contribution in [0.4, 0.5) is 0 Å². The second kappa shape index (κ2) is 11.4. The Balaban J connectivity index is 1.73. The highest BCUT2D eigenvalue weighted by molar-refractivity contribution is 6.30.